The summed E-state index contributed by atoms with van der Waals surface area (Å²) in [6.45, 7) is 3.28. The molecule has 0 aliphatic rings. The molecule has 114 valence electrons. The first-order chi connectivity index (χ1) is 9.70. The second-order valence-electron chi connectivity index (χ2n) is 4.59. The van der Waals surface area contributed by atoms with Gasteiger partial charge in [0.25, 0.3) is 0 Å². The number of nitrogens with zero attached hydrogens (tertiary/aromatic N) is 1. The molecule has 2 N–H and O–H groups in total. The fraction of sp³-hybridized carbons (Fsp3) is 0.429. The van der Waals surface area contributed by atoms with E-state index in [0.29, 0.717) is 0 Å². The lowest BCUT2D eigenvalue weighted by Gasteiger charge is -2.29. The van der Waals surface area contributed by atoms with Crippen LogP contribution in [0.3, 0.4) is 0 Å². The SMILES string of the molecule is CCC(CC)(Nc1ccc(C#N)c(C(F)(F)F)c1)C(=O)O. The van der Waals surface area contributed by atoms with Crippen LogP contribution in [0.15, 0.2) is 18.2 Å². The van der Waals surface area contributed by atoms with Gasteiger partial charge in [0.15, 0.2) is 0 Å². The molecule has 0 heterocycles. The lowest BCUT2D eigenvalue weighted by Crippen LogP contribution is -2.45. The van der Waals surface area contributed by atoms with Crippen molar-refractivity contribution in [1.29, 1.82) is 5.26 Å². The number of rotatable bonds is 5. The average Bonchev–Trinajstić information content (AvgIpc) is 2.43. The molecular formula is C14H15F3N2O2. The first kappa shape index (κ1) is 16.8. The second-order valence-corrected chi connectivity index (χ2v) is 4.59. The van der Waals surface area contributed by atoms with Gasteiger partial charge < -0.3 is 10.4 Å². The van der Waals surface area contributed by atoms with Crippen molar-refractivity contribution in [2.24, 2.45) is 0 Å². The summed E-state index contributed by atoms with van der Waals surface area (Å²) in [5.41, 5.74) is -2.90. The molecule has 0 fully saturated rings. The van der Waals surface area contributed by atoms with E-state index in [-0.39, 0.29) is 18.5 Å². The summed E-state index contributed by atoms with van der Waals surface area (Å²) in [5, 5.41) is 20.6. The summed E-state index contributed by atoms with van der Waals surface area (Å²) in [4.78, 5) is 11.4. The number of nitriles is 1. The fourth-order valence-electron chi connectivity index (χ4n) is 2.01. The van der Waals surface area contributed by atoms with Gasteiger partial charge in [-0.05, 0) is 31.0 Å². The van der Waals surface area contributed by atoms with Gasteiger partial charge in [0.05, 0.1) is 17.2 Å². The molecule has 0 unspecified atom stereocenters. The van der Waals surface area contributed by atoms with E-state index in [1.54, 1.807) is 13.8 Å². The fourth-order valence-corrected chi connectivity index (χ4v) is 2.01. The lowest BCUT2D eigenvalue weighted by atomic mass is 9.92. The third kappa shape index (κ3) is 3.45. The van der Waals surface area contributed by atoms with Crippen LogP contribution in [0.25, 0.3) is 0 Å². The number of benzene rings is 1. The standard InChI is InChI=1S/C14H15F3N2O2/c1-3-13(4-2,12(20)21)19-10-6-5-9(8-18)11(7-10)14(15,16)17/h5-7,19H,3-4H2,1-2H3,(H,20,21). The zero-order chi connectivity index (χ0) is 16.3. The highest BCUT2D eigenvalue weighted by molar-refractivity contribution is 5.82. The van der Waals surface area contributed by atoms with E-state index in [2.05, 4.69) is 5.32 Å². The minimum Gasteiger partial charge on any atom is -0.480 e. The lowest BCUT2D eigenvalue weighted by molar-refractivity contribution is -0.142. The van der Waals surface area contributed by atoms with E-state index in [4.69, 9.17) is 5.26 Å². The monoisotopic (exact) mass is 300 g/mol. The van der Waals surface area contributed by atoms with Crippen molar-refractivity contribution in [3.8, 4) is 6.07 Å². The molecule has 0 atom stereocenters. The first-order valence-electron chi connectivity index (χ1n) is 6.33. The van der Waals surface area contributed by atoms with Gasteiger partial charge in [-0.3, -0.25) is 0 Å². The Morgan fingerprint density at radius 2 is 1.90 bits per heavy atom. The number of anilines is 1. The molecule has 1 aromatic carbocycles. The number of carboxylic acid groups (broad SMARTS) is 1. The van der Waals surface area contributed by atoms with Gasteiger partial charge in [-0.15, -0.1) is 0 Å². The Labute approximate surface area is 120 Å². The number of aliphatic carboxylic acids is 1. The maximum Gasteiger partial charge on any atom is 0.417 e. The predicted octanol–water partition coefficient (Wildman–Crippen LogP) is 3.63. The van der Waals surface area contributed by atoms with Crippen LogP contribution >= 0.6 is 0 Å². The number of nitrogens with one attached hydrogen (secondary N) is 1. The van der Waals surface area contributed by atoms with Crippen molar-refractivity contribution < 1.29 is 23.1 Å². The van der Waals surface area contributed by atoms with E-state index in [0.717, 1.165) is 12.1 Å². The van der Waals surface area contributed by atoms with Gasteiger partial charge in [-0.2, -0.15) is 18.4 Å². The Bertz CT molecular complexity index is 573. The highest BCUT2D eigenvalue weighted by atomic mass is 19.4. The summed E-state index contributed by atoms with van der Waals surface area (Å²) < 4.78 is 38.6. The predicted molar refractivity (Wildman–Crippen MR) is 70.7 cm³/mol. The van der Waals surface area contributed by atoms with Crippen molar-refractivity contribution in [3.05, 3.63) is 29.3 Å². The molecule has 0 saturated carbocycles. The zero-order valence-electron chi connectivity index (χ0n) is 11.6. The van der Waals surface area contributed by atoms with Crippen LogP contribution in [0, 0.1) is 11.3 Å². The van der Waals surface area contributed by atoms with E-state index in [9.17, 15) is 23.1 Å². The minimum atomic E-state index is -4.67. The van der Waals surface area contributed by atoms with E-state index in [1.165, 1.54) is 12.1 Å². The molecule has 0 spiro atoms. The Kier molecular flexibility index (Phi) is 4.84. The highest BCUT2D eigenvalue weighted by Gasteiger charge is 2.37. The second kappa shape index (κ2) is 6.04. The van der Waals surface area contributed by atoms with Crippen LogP contribution in [0.4, 0.5) is 18.9 Å². The van der Waals surface area contributed by atoms with Gasteiger partial charge in [0.2, 0.25) is 0 Å². The van der Waals surface area contributed by atoms with E-state index < -0.39 is 28.8 Å². The quantitative estimate of drug-likeness (QED) is 0.871. The van der Waals surface area contributed by atoms with Crippen LogP contribution < -0.4 is 5.32 Å². The van der Waals surface area contributed by atoms with Crippen molar-refractivity contribution in [3.63, 3.8) is 0 Å². The summed E-state index contributed by atoms with van der Waals surface area (Å²) in [6.07, 6.45) is -4.26. The molecule has 0 bridgehead atoms. The maximum absolute atomic E-state index is 12.9. The number of alkyl halides is 3. The molecule has 0 amide bonds. The van der Waals surface area contributed by atoms with Gasteiger partial charge in [-0.25, -0.2) is 4.79 Å². The minimum absolute atomic E-state index is 0.0208. The molecule has 0 radical (unpaired) electrons. The average molecular weight is 300 g/mol. The molecule has 1 rings (SSSR count). The molecular weight excluding hydrogens is 285 g/mol. The molecule has 0 aromatic heterocycles. The summed E-state index contributed by atoms with van der Waals surface area (Å²) in [5.74, 6) is -1.13. The first-order valence-corrected chi connectivity index (χ1v) is 6.33. The van der Waals surface area contributed by atoms with Crippen LogP contribution in [-0.4, -0.2) is 16.6 Å². The van der Waals surface area contributed by atoms with Crippen LogP contribution in [0.1, 0.15) is 37.8 Å². The molecule has 0 aliphatic heterocycles. The third-order valence-corrected chi connectivity index (χ3v) is 3.45. The molecule has 7 heteroatoms. The highest BCUT2D eigenvalue weighted by Crippen LogP contribution is 2.34. The summed E-state index contributed by atoms with van der Waals surface area (Å²) in [6, 6.07) is 4.55. The zero-order valence-corrected chi connectivity index (χ0v) is 11.6. The normalized spacial score (nSPS) is 11.8. The third-order valence-electron chi connectivity index (χ3n) is 3.45. The smallest absolute Gasteiger partial charge is 0.417 e. The van der Waals surface area contributed by atoms with E-state index >= 15 is 0 Å². The van der Waals surface area contributed by atoms with Crippen molar-refractivity contribution in [1.82, 2.24) is 0 Å². The largest absolute Gasteiger partial charge is 0.480 e. The Balaban J connectivity index is 3.28. The Morgan fingerprint density at radius 3 is 2.29 bits per heavy atom. The molecule has 21 heavy (non-hydrogen) atoms. The number of hydrogen-bond donors (Lipinski definition) is 2. The molecule has 0 saturated heterocycles. The number of carboxylic acids is 1. The van der Waals surface area contributed by atoms with Crippen molar-refractivity contribution in [2.45, 2.75) is 38.4 Å². The Morgan fingerprint density at radius 1 is 1.33 bits per heavy atom. The van der Waals surface area contributed by atoms with Crippen molar-refractivity contribution >= 4 is 11.7 Å². The number of hydrogen-bond acceptors (Lipinski definition) is 3. The van der Waals surface area contributed by atoms with Crippen molar-refractivity contribution in [2.75, 3.05) is 5.32 Å². The topological polar surface area (TPSA) is 73.1 Å². The van der Waals surface area contributed by atoms with Gasteiger partial charge in [0, 0.05) is 5.69 Å². The van der Waals surface area contributed by atoms with Crippen LogP contribution in [0.5, 0.6) is 0 Å². The molecule has 4 nitrogen and oxygen atoms in total. The summed E-state index contributed by atoms with van der Waals surface area (Å²) in [7, 11) is 0. The van der Waals surface area contributed by atoms with E-state index in [1.807, 2.05) is 0 Å². The van der Waals surface area contributed by atoms with Crippen LogP contribution in [-0.2, 0) is 11.0 Å². The summed E-state index contributed by atoms with van der Waals surface area (Å²) >= 11 is 0. The number of carbonyl (C=O) groups is 1. The molecule has 1 aromatic rings. The van der Waals surface area contributed by atoms with Gasteiger partial charge >= 0.3 is 12.1 Å². The number of halogens is 3. The molecule has 0 aliphatic carbocycles. The maximum atomic E-state index is 12.9. The van der Waals surface area contributed by atoms with Gasteiger partial charge in [0.1, 0.15) is 5.54 Å². The Hall–Kier alpha value is -2.23. The van der Waals surface area contributed by atoms with Crippen LogP contribution in [0.2, 0.25) is 0 Å². The van der Waals surface area contributed by atoms with Gasteiger partial charge in [-0.1, -0.05) is 13.8 Å².